The second-order valence-corrected chi connectivity index (χ2v) is 6.41. The van der Waals surface area contributed by atoms with Crippen molar-refractivity contribution in [3.05, 3.63) is 65.4 Å². The van der Waals surface area contributed by atoms with Crippen LogP contribution < -0.4 is 16.0 Å². The Morgan fingerprint density at radius 1 is 1.10 bits per heavy atom. The monoisotopic (exact) mass is 395 g/mol. The van der Waals surface area contributed by atoms with E-state index in [2.05, 4.69) is 0 Å². The number of nitrogens with one attached hydrogen (secondary N) is 1. The van der Waals surface area contributed by atoms with Gasteiger partial charge in [-0.1, -0.05) is 43.3 Å². The molecule has 0 bridgehead atoms. The van der Waals surface area contributed by atoms with Gasteiger partial charge < -0.3 is 15.0 Å². The molecule has 0 fully saturated rings. The van der Waals surface area contributed by atoms with Crippen molar-refractivity contribution in [3.8, 4) is 5.75 Å². The molecule has 0 unspecified atom stereocenters. The maximum Gasteiger partial charge on any atom is 0.289 e. The number of benzene rings is 2. The Morgan fingerprint density at radius 2 is 1.83 bits per heavy atom. The van der Waals surface area contributed by atoms with E-state index in [9.17, 15) is 14.4 Å². The number of hydrogen-bond donors (Lipinski definition) is 3. The molecule has 150 valence electrons. The summed E-state index contributed by atoms with van der Waals surface area (Å²) in [7, 11) is 0. The van der Waals surface area contributed by atoms with Crippen LogP contribution in [0.15, 0.2) is 48.5 Å². The van der Waals surface area contributed by atoms with Crippen LogP contribution in [0.25, 0.3) is 10.9 Å². The van der Waals surface area contributed by atoms with Crippen LogP contribution >= 0.6 is 0 Å². The molecular weight excluding hydrogens is 374 g/mol. The fourth-order valence-corrected chi connectivity index (χ4v) is 3.40. The van der Waals surface area contributed by atoms with Gasteiger partial charge in [-0.25, -0.2) is 5.48 Å². The van der Waals surface area contributed by atoms with E-state index in [0.717, 1.165) is 5.56 Å². The van der Waals surface area contributed by atoms with Crippen molar-refractivity contribution in [1.82, 2.24) is 10.0 Å². The molecule has 0 aliphatic carbocycles. The third-order valence-electron chi connectivity index (χ3n) is 4.61. The van der Waals surface area contributed by atoms with Crippen molar-refractivity contribution in [2.24, 2.45) is 5.73 Å². The number of ketones is 1. The van der Waals surface area contributed by atoms with Gasteiger partial charge in [-0.3, -0.25) is 19.6 Å². The average Bonchev–Trinajstić information content (AvgIpc) is 3.05. The van der Waals surface area contributed by atoms with Gasteiger partial charge >= 0.3 is 0 Å². The van der Waals surface area contributed by atoms with Gasteiger partial charge in [0, 0.05) is 12.2 Å². The average molecular weight is 395 g/mol. The highest BCUT2D eigenvalue weighted by atomic mass is 16.5. The Balaban J connectivity index is 2.23. The van der Waals surface area contributed by atoms with Crippen LogP contribution in [0, 0.1) is 0 Å². The van der Waals surface area contributed by atoms with Gasteiger partial charge in [-0.2, -0.15) is 0 Å². The molecule has 8 heteroatoms. The van der Waals surface area contributed by atoms with Crippen LogP contribution in [0.4, 0.5) is 0 Å². The van der Waals surface area contributed by atoms with Crippen molar-refractivity contribution in [3.63, 3.8) is 0 Å². The largest absolute Gasteiger partial charge is 0.483 e. The number of fused-ring (bicyclic) bond motifs is 1. The maximum atomic E-state index is 12.7. The van der Waals surface area contributed by atoms with E-state index in [1.165, 1.54) is 5.48 Å². The van der Waals surface area contributed by atoms with Gasteiger partial charge in [0.1, 0.15) is 5.75 Å². The lowest BCUT2D eigenvalue weighted by Gasteiger charge is -2.11. The van der Waals surface area contributed by atoms with E-state index >= 15 is 0 Å². The number of hydrogen-bond acceptors (Lipinski definition) is 5. The Labute approximate surface area is 166 Å². The minimum absolute atomic E-state index is 0.172. The highest BCUT2D eigenvalue weighted by Gasteiger charge is 2.27. The zero-order valence-corrected chi connectivity index (χ0v) is 15.8. The Kier molecular flexibility index (Phi) is 5.94. The molecule has 0 aliphatic rings. The number of Topliss-reactive ketones (excluding diaryl/α,β-unsaturated/α-hetero) is 1. The number of nitrogens with zero attached hydrogens (tertiary/aromatic N) is 1. The highest BCUT2D eigenvalue weighted by Crippen LogP contribution is 2.35. The fourth-order valence-electron chi connectivity index (χ4n) is 3.40. The van der Waals surface area contributed by atoms with Crippen LogP contribution in [-0.4, -0.2) is 34.0 Å². The molecule has 0 atom stereocenters. The van der Waals surface area contributed by atoms with Crippen molar-refractivity contribution < 1.29 is 24.3 Å². The number of amides is 2. The molecule has 3 rings (SSSR count). The SMILES string of the molecule is CCc1c(C(=O)C(N)=O)c2c(OCC(=O)NO)cccc2n1Cc1ccccc1. The standard InChI is InChI=1S/C21H21N3O5/c1-2-14-19(20(26)21(22)27)18-15(24(14)11-13-7-4-3-5-8-13)9-6-10-16(18)29-12-17(25)23-28/h3-10,28H,2,11-12H2,1H3,(H2,22,27)(H,23,25). The molecule has 1 aromatic heterocycles. The fraction of sp³-hybridized carbons (Fsp3) is 0.190. The zero-order chi connectivity index (χ0) is 21.0. The van der Waals surface area contributed by atoms with Gasteiger partial charge in [0.25, 0.3) is 17.6 Å². The number of carbonyl (C=O) groups excluding carboxylic acids is 3. The molecule has 0 saturated carbocycles. The number of nitrogens with two attached hydrogens (primary N) is 1. The molecule has 8 nitrogen and oxygen atoms in total. The summed E-state index contributed by atoms with van der Waals surface area (Å²) in [6, 6.07) is 14.8. The van der Waals surface area contributed by atoms with Crippen LogP contribution in [0.1, 0.15) is 28.5 Å². The molecule has 3 aromatic rings. The molecule has 1 heterocycles. The first-order valence-electron chi connectivity index (χ1n) is 9.05. The third kappa shape index (κ3) is 3.97. The predicted octanol–water partition coefficient (Wildman–Crippen LogP) is 1.80. The Bertz CT molecular complexity index is 1070. The van der Waals surface area contributed by atoms with Crippen molar-refractivity contribution >= 4 is 28.5 Å². The van der Waals surface area contributed by atoms with Gasteiger partial charge in [0.2, 0.25) is 0 Å². The summed E-state index contributed by atoms with van der Waals surface area (Å²) in [5.41, 5.74) is 9.31. The molecule has 4 N–H and O–H groups in total. The number of primary amides is 1. The summed E-state index contributed by atoms with van der Waals surface area (Å²) >= 11 is 0. The highest BCUT2D eigenvalue weighted by molar-refractivity contribution is 6.45. The molecule has 2 amide bonds. The number of aromatic nitrogens is 1. The molecular formula is C21H21N3O5. The van der Waals surface area contributed by atoms with Gasteiger partial charge in [-0.05, 0) is 24.1 Å². The smallest absolute Gasteiger partial charge is 0.289 e. The Morgan fingerprint density at radius 3 is 2.45 bits per heavy atom. The van der Waals surface area contributed by atoms with E-state index < -0.39 is 24.2 Å². The second kappa shape index (κ2) is 8.57. The molecule has 0 saturated heterocycles. The predicted molar refractivity (Wildman–Crippen MR) is 106 cm³/mol. The van der Waals surface area contributed by atoms with Crippen LogP contribution in [0.2, 0.25) is 0 Å². The quantitative estimate of drug-likeness (QED) is 0.232. The second-order valence-electron chi connectivity index (χ2n) is 6.41. The lowest BCUT2D eigenvalue weighted by molar-refractivity contribution is -0.131. The van der Waals surface area contributed by atoms with E-state index in [4.69, 9.17) is 15.7 Å². The number of ether oxygens (including phenoxy) is 1. The first-order valence-corrected chi connectivity index (χ1v) is 9.05. The van der Waals surface area contributed by atoms with Crippen molar-refractivity contribution in [1.29, 1.82) is 0 Å². The summed E-state index contributed by atoms with van der Waals surface area (Å²) in [6.07, 6.45) is 0.479. The molecule has 0 radical (unpaired) electrons. The normalized spacial score (nSPS) is 10.7. The van der Waals surface area contributed by atoms with E-state index in [1.54, 1.807) is 12.1 Å². The van der Waals surface area contributed by atoms with Crippen molar-refractivity contribution in [2.75, 3.05) is 6.61 Å². The minimum Gasteiger partial charge on any atom is -0.483 e. The van der Waals surface area contributed by atoms with Crippen LogP contribution in [0.5, 0.6) is 5.75 Å². The molecule has 2 aromatic carbocycles. The zero-order valence-electron chi connectivity index (χ0n) is 15.8. The van der Waals surface area contributed by atoms with Gasteiger partial charge in [0.05, 0.1) is 16.5 Å². The topological polar surface area (TPSA) is 124 Å². The number of hydroxylamine groups is 1. The summed E-state index contributed by atoms with van der Waals surface area (Å²) in [6.45, 7) is 1.91. The lowest BCUT2D eigenvalue weighted by Crippen LogP contribution is -2.26. The summed E-state index contributed by atoms with van der Waals surface area (Å²) in [5, 5.41) is 9.10. The lowest BCUT2D eigenvalue weighted by atomic mass is 10.0. The van der Waals surface area contributed by atoms with Gasteiger partial charge in [-0.15, -0.1) is 0 Å². The first kappa shape index (κ1) is 20.1. The summed E-state index contributed by atoms with van der Waals surface area (Å²) < 4.78 is 7.46. The number of carbonyl (C=O) groups is 3. The minimum atomic E-state index is -1.07. The van der Waals surface area contributed by atoms with Crippen LogP contribution in [0.3, 0.4) is 0 Å². The maximum absolute atomic E-state index is 12.7. The molecule has 0 spiro atoms. The van der Waals surface area contributed by atoms with Gasteiger partial charge in [0.15, 0.2) is 6.61 Å². The van der Waals surface area contributed by atoms with Crippen molar-refractivity contribution in [2.45, 2.75) is 19.9 Å². The molecule has 0 aliphatic heterocycles. The summed E-state index contributed by atoms with van der Waals surface area (Å²) in [4.78, 5) is 35.8. The van der Waals surface area contributed by atoms with Crippen LogP contribution in [-0.2, 0) is 22.6 Å². The van der Waals surface area contributed by atoms with E-state index in [0.29, 0.717) is 29.6 Å². The first-order chi connectivity index (χ1) is 14.0. The third-order valence-corrected chi connectivity index (χ3v) is 4.61. The molecule has 29 heavy (non-hydrogen) atoms. The Hall–Kier alpha value is -3.65. The van der Waals surface area contributed by atoms with E-state index in [-0.39, 0.29) is 11.3 Å². The van der Waals surface area contributed by atoms with E-state index in [1.807, 2.05) is 47.9 Å². The summed E-state index contributed by atoms with van der Waals surface area (Å²) in [5.74, 6) is -2.39. The number of rotatable bonds is 8.